The van der Waals surface area contributed by atoms with Crippen LogP contribution in [-0.2, 0) is 0 Å². The van der Waals surface area contributed by atoms with E-state index in [1.807, 2.05) is 25.1 Å². The number of hydrogen-bond acceptors (Lipinski definition) is 2. The molecule has 3 N–H and O–H groups in total. The van der Waals surface area contributed by atoms with Gasteiger partial charge in [-0.2, -0.15) is 0 Å². The van der Waals surface area contributed by atoms with Crippen molar-refractivity contribution in [2.24, 2.45) is 11.7 Å². The second-order valence-electron chi connectivity index (χ2n) is 4.42. The molecule has 88 valence electrons. The second kappa shape index (κ2) is 5.54. The third-order valence-electron chi connectivity index (χ3n) is 2.44. The highest BCUT2D eigenvalue weighted by molar-refractivity contribution is 5.95. The largest absolute Gasteiger partial charge is 0.493 e. The summed E-state index contributed by atoms with van der Waals surface area (Å²) in [5.41, 5.74) is 7.18. The molecule has 0 radical (unpaired) electrons. The van der Waals surface area contributed by atoms with Crippen LogP contribution in [0.25, 0.3) is 0 Å². The lowest BCUT2D eigenvalue weighted by Gasteiger charge is -2.11. The monoisotopic (exact) mass is 220 g/mol. The lowest BCUT2D eigenvalue weighted by molar-refractivity contribution is 0.288. The van der Waals surface area contributed by atoms with Crippen LogP contribution < -0.4 is 10.5 Å². The van der Waals surface area contributed by atoms with Crippen LogP contribution in [0.4, 0.5) is 0 Å². The average molecular weight is 220 g/mol. The fourth-order valence-electron chi connectivity index (χ4n) is 1.38. The van der Waals surface area contributed by atoms with E-state index in [1.165, 1.54) is 0 Å². The van der Waals surface area contributed by atoms with Gasteiger partial charge in [0.25, 0.3) is 0 Å². The van der Waals surface area contributed by atoms with Gasteiger partial charge in [0.05, 0.1) is 6.61 Å². The van der Waals surface area contributed by atoms with E-state index in [9.17, 15) is 0 Å². The van der Waals surface area contributed by atoms with Crippen molar-refractivity contribution in [1.29, 1.82) is 5.41 Å². The van der Waals surface area contributed by atoms with Crippen molar-refractivity contribution >= 4 is 5.84 Å². The first-order valence-electron chi connectivity index (χ1n) is 5.58. The van der Waals surface area contributed by atoms with Gasteiger partial charge in [0.1, 0.15) is 11.6 Å². The molecule has 0 amide bonds. The summed E-state index contributed by atoms with van der Waals surface area (Å²) in [7, 11) is 0. The minimum Gasteiger partial charge on any atom is -0.493 e. The van der Waals surface area contributed by atoms with Gasteiger partial charge in [-0.15, -0.1) is 0 Å². The van der Waals surface area contributed by atoms with Crippen LogP contribution >= 0.6 is 0 Å². The first-order chi connectivity index (χ1) is 7.50. The van der Waals surface area contributed by atoms with E-state index >= 15 is 0 Å². The quantitative estimate of drug-likeness (QED) is 0.592. The smallest absolute Gasteiger partial charge is 0.122 e. The predicted octanol–water partition coefficient (Wildman–Crippen LogP) is 2.70. The minimum absolute atomic E-state index is 0.0943. The first-order valence-corrected chi connectivity index (χ1v) is 5.58. The summed E-state index contributed by atoms with van der Waals surface area (Å²) in [4.78, 5) is 0. The number of hydrogen-bond donors (Lipinski definition) is 2. The third kappa shape index (κ3) is 3.57. The molecule has 0 saturated carbocycles. The van der Waals surface area contributed by atoms with Gasteiger partial charge in [-0.25, -0.2) is 0 Å². The van der Waals surface area contributed by atoms with Crippen LogP contribution in [0.1, 0.15) is 31.4 Å². The standard InChI is InChI=1S/C13H20N2O/c1-9(2)6-7-16-12-5-4-11(13(14)15)8-10(12)3/h4-5,8-9H,6-7H2,1-3H3,(H3,14,15). The number of ether oxygens (including phenoxy) is 1. The summed E-state index contributed by atoms with van der Waals surface area (Å²) >= 11 is 0. The summed E-state index contributed by atoms with van der Waals surface area (Å²) in [5, 5.41) is 7.33. The molecule has 16 heavy (non-hydrogen) atoms. The molecule has 0 aliphatic rings. The zero-order valence-corrected chi connectivity index (χ0v) is 10.2. The van der Waals surface area contributed by atoms with Crippen molar-refractivity contribution in [2.75, 3.05) is 6.61 Å². The molecule has 3 nitrogen and oxygen atoms in total. The molecular formula is C13H20N2O. The summed E-state index contributed by atoms with van der Waals surface area (Å²) in [6.45, 7) is 7.05. The molecular weight excluding hydrogens is 200 g/mol. The third-order valence-corrected chi connectivity index (χ3v) is 2.44. The maximum Gasteiger partial charge on any atom is 0.122 e. The Labute approximate surface area is 97.1 Å². The molecule has 3 heteroatoms. The van der Waals surface area contributed by atoms with Crippen molar-refractivity contribution in [3.05, 3.63) is 29.3 Å². The van der Waals surface area contributed by atoms with Gasteiger partial charge in [0.15, 0.2) is 0 Å². The molecule has 1 aromatic rings. The zero-order chi connectivity index (χ0) is 12.1. The van der Waals surface area contributed by atoms with Gasteiger partial charge in [0, 0.05) is 5.56 Å². The molecule has 0 aromatic heterocycles. The number of nitrogens with two attached hydrogens (primary N) is 1. The molecule has 0 aliphatic heterocycles. The molecule has 1 rings (SSSR count). The van der Waals surface area contributed by atoms with E-state index in [1.54, 1.807) is 0 Å². The molecule has 0 spiro atoms. The molecule has 0 heterocycles. The maximum absolute atomic E-state index is 7.33. The second-order valence-corrected chi connectivity index (χ2v) is 4.42. The van der Waals surface area contributed by atoms with E-state index in [-0.39, 0.29) is 5.84 Å². The fraction of sp³-hybridized carbons (Fsp3) is 0.462. The van der Waals surface area contributed by atoms with Gasteiger partial charge in [-0.05, 0) is 43.0 Å². The zero-order valence-electron chi connectivity index (χ0n) is 10.2. The molecule has 0 aliphatic carbocycles. The number of nitrogens with one attached hydrogen (secondary N) is 1. The average Bonchev–Trinajstić information content (AvgIpc) is 2.19. The van der Waals surface area contributed by atoms with Crippen LogP contribution in [-0.4, -0.2) is 12.4 Å². The highest BCUT2D eigenvalue weighted by atomic mass is 16.5. The Hall–Kier alpha value is -1.51. The summed E-state index contributed by atoms with van der Waals surface area (Å²) in [5.74, 6) is 1.62. The SMILES string of the molecule is Cc1cc(C(=N)N)ccc1OCCC(C)C. The van der Waals surface area contributed by atoms with E-state index in [0.29, 0.717) is 5.92 Å². The fourth-order valence-corrected chi connectivity index (χ4v) is 1.38. The van der Waals surface area contributed by atoms with Gasteiger partial charge in [-0.3, -0.25) is 5.41 Å². The topological polar surface area (TPSA) is 59.1 Å². The Kier molecular flexibility index (Phi) is 4.35. The van der Waals surface area contributed by atoms with E-state index in [2.05, 4.69) is 13.8 Å². The van der Waals surface area contributed by atoms with Crippen molar-refractivity contribution < 1.29 is 4.74 Å². The summed E-state index contributed by atoms with van der Waals surface area (Å²) < 4.78 is 5.67. The van der Waals surface area contributed by atoms with Crippen LogP contribution in [0.3, 0.4) is 0 Å². The van der Waals surface area contributed by atoms with Crippen LogP contribution in [0.15, 0.2) is 18.2 Å². The van der Waals surface area contributed by atoms with Gasteiger partial charge < -0.3 is 10.5 Å². The molecule has 0 fully saturated rings. The molecule has 0 bridgehead atoms. The van der Waals surface area contributed by atoms with E-state index in [0.717, 1.165) is 29.9 Å². The van der Waals surface area contributed by atoms with Gasteiger partial charge in [0.2, 0.25) is 0 Å². The first kappa shape index (κ1) is 12.6. The molecule has 1 aromatic carbocycles. The van der Waals surface area contributed by atoms with Crippen molar-refractivity contribution in [3.8, 4) is 5.75 Å². The highest BCUT2D eigenvalue weighted by Gasteiger charge is 2.03. The van der Waals surface area contributed by atoms with Crippen LogP contribution in [0, 0.1) is 18.3 Å². The van der Waals surface area contributed by atoms with Crippen molar-refractivity contribution in [1.82, 2.24) is 0 Å². The maximum atomic E-state index is 7.33. The predicted molar refractivity (Wildman–Crippen MR) is 67.1 cm³/mol. The number of rotatable bonds is 5. The number of nitrogen functional groups attached to an aromatic ring is 1. The van der Waals surface area contributed by atoms with E-state index in [4.69, 9.17) is 15.9 Å². The number of amidine groups is 1. The van der Waals surface area contributed by atoms with Gasteiger partial charge in [-0.1, -0.05) is 13.8 Å². The Morgan fingerprint density at radius 2 is 2.12 bits per heavy atom. The van der Waals surface area contributed by atoms with E-state index < -0.39 is 0 Å². The van der Waals surface area contributed by atoms with Crippen LogP contribution in [0.2, 0.25) is 0 Å². The Morgan fingerprint density at radius 3 is 2.62 bits per heavy atom. The lowest BCUT2D eigenvalue weighted by atomic mass is 10.1. The Morgan fingerprint density at radius 1 is 1.44 bits per heavy atom. The molecule has 0 unspecified atom stereocenters. The normalized spacial score (nSPS) is 10.5. The van der Waals surface area contributed by atoms with Crippen molar-refractivity contribution in [3.63, 3.8) is 0 Å². The summed E-state index contributed by atoms with van der Waals surface area (Å²) in [6.07, 6.45) is 1.05. The number of aryl methyl sites for hydroxylation is 1. The molecule has 0 atom stereocenters. The highest BCUT2D eigenvalue weighted by Crippen LogP contribution is 2.19. The Bertz CT molecular complexity index is 372. The summed E-state index contributed by atoms with van der Waals surface area (Å²) in [6, 6.07) is 5.58. The van der Waals surface area contributed by atoms with Gasteiger partial charge >= 0.3 is 0 Å². The minimum atomic E-state index is 0.0943. The number of benzene rings is 1. The molecule has 0 saturated heterocycles. The van der Waals surface area contributed by atoms with Crippen molar-refractivity contribution in [2.45, 2.75) is 27.2 Å². The lowest BCUT2D eigenvalue weighted by Crippen LogP contribution is -2.11. The van der Waals surface area contributed by atoms with Crippen LogP contribution in [0.5, 0.6) is 5.75 Å². The Balaban J connectivity index is 2.64.